The van der Waals surface area contributed by atoms with Crippen molar-refractivity contribution in [2.24, 2.45) is 0 Å². The number of rotatable bonds is 2. The van der Waals surface area contributed by atoms with Crippen molar-refractivity contribution < 1.29 is 4.79 Å². The van der Waals surface area contributed by atoms with Gasteiger partial charge in [-0.3, -0.25) is 20.7 Å². The van der Waals surface area contributed by atoms with Crippen LogP contribution < -0.4 is 16.2 Å². The van der Waals surface area contributed by atoms with Gasteiger partial charge in [-0.05, 0) is 37.3 Å². The van der Waals surface area contributed by atoms with Crippen LogP contribution in [0.3, 0.4) is 0 Å². The Morgan fingerprint density at radius 3 is 2.63 bits per heavy atom. The Labute approximate surface area is 115 Å². The van der Waals surface area contributed by atoms with E-state index in [0.717, 1.165) is 11.4 Å². The van der Waals surface area contributed by atoms with Gasteiger partial charge in [-0.1, -0.05) is 18.2 Å². The largest absolute Gasteiger partial charge is 0.331 e. The second-order valence-corrected chi connectivity index (χ2v) is 4.24. The molecule has 1 aromatic heterocycles. The third-order valence-electron chi connectivity index (χ3n) is 2.26. The van der Waals surface area contributed by atoms with Crippen LogP contribution in [0.1, 0.15) is 16.2 Å². The lowest BCUT2D eigenvalue weighted by Crippen LogP contribution is -2.43. The van der Waals surface area contributed by atoms with Gasteiger partial charge in [0.2, 0.25) is 0 Å². The highest BCUT2D eigenvalue weighted by Gasteiger charge is 2.08. The molecule has 19 heavy (non-hydrogen) atoms. The molecule has 6 nitrogen and oxygen atoms in total. The molecular formula is C12H13N5OS. The number of carbonyl (C=O) groups is 1. The number of nitrogens with zero attached hydrogens (tertiary/aromatic N) is 1. The molecule has 0 spiro atoms. The first-order valence-electron chi connectivity index (χ1n) is 5.59. The maximum Gasteiger partial charge on any atom is 0.290 e. The summed E-state index contributed by atoms with van der Waals surface area (Å²) in [7, 11) is 0. The van der Waals surface area contributed by atoms with E-state index in [1.165, 1.54) is 0 Å². The second kappa shape index (κ2) is 5.96. The summed E-state index contributed by atoms with van der Waals surface area (Å²) in [6.45, 7) is 1.82. The zero-order chi connectivity index (χ0) is 13.7. The van der Waals surface area contributed by atoms with Crippen LogP contribution in [-0.2, 0) is 0 Å². The summed E-state index contributed by atoms with van der Waals surface area (Å²) in [6.07, 6.45) is 0. The molecule has 0 aliphatic rings. The number of aryl methyl sites for hydroxylation is 1. The highest BCUT2D eigenvalue weighted by atomic mass is 32.1. The van der Waals surface area contributed by atoms with Crippen molar-refractivity contribution in [1.29, 1.82) is 0 Å². The van der Waals surface area contributed by atoms with E-state index in [1.807, 2.05) is 37.3 Å². The quantitative estimate of drug-likeness (QED) is 0.491. The molecule has 1 amide bonds. The van der Waals surface area contributed by atoms with Crippen molar-refractivity contribution in [2.45, 2.75) is 6.92 Å². The van der Waals surface area contributed by atoms with Crippen molar-refractivity contribution in [3.05, 3.63) is 47.8 Å². The zero-order valence-electron chi connectivity index (χ0n) is 10.2. The number of amides is 1. The Morgan fingerprint density at radius 2 is 2.00 bits per heavy atom. The number of carbonyl (C=O) groups excluding carboxylic acids is 1. The second-order valence-electron chi connectivity index (χ2n) is 3.84. The summed E-state index contributed by atoms with van der Waals surface area (Å²) in [4.78, 5) is 11.7. The Bertz CT molecular complexity index is 581. The molecule has 1 heterocycles. The van der Waals surface area contributed by atoms with Crippen molar-refractivity contribution in [2.75, 3.05) is 5.32 Å². The van der Waals surface area contributed by atoms with E-state index in [2.05, 4.69) is 26.4 Å². The minimum Gasteiger partial charge on any atom is -0.331 e. The summed E-state index contributed by atoms with van der Waals surface area (Å²) in [5.41, 5.74) is 7.01. The predicted octanol–water partition coefficient (Wildman–Crippen LogP) is 1.35. The summed E-state index contributed by atoms with van der Waals surface area (Å²) in [6, 6.07) is 11.1. The van der Waals surface area contributed by atoms with Gasteiger partial charge in [0.1, 0.15) is 0 Å². The average molecular weight is 275 g/mol. The van der Waals surface area contributed by atoms with Gasteiger partial charge in [-0.25, -0.2) is 0 Å². The minimum absolute atomic E-state index is 0.298. The Balaban J connectivity index is 1.82. The molecule has 0 radical (unpaired) electrons. The fourth-order valence-electron chi connectivity index (χ4n) is 1.40. The molecule has 2 rings (SSSR count). The average Bonchev–Trinajstić information content (AvgIpc) is 2.84. The van der Waals surface area contributed by atoms with Crippen molar-refractivity contribution in [1.82, 2.24) is 21.0 Å². The van der Waals surface area contributed by atoms with Gasteiger partial charge >= 0.3 is 0 Å². The van der Waals surface area contributed by atoms with Crippen LogP contribution in [0.2, 0.25) is 0 Å². The van der Waals surface area contributed by atoms with Gasteiger partial charge in [-0.2, -0.15) is 5.10 Å². The SMILES string of the molecule is Cc1cc(C(=O)NNC(=S)Nc2ccccc2)n[nH]1. The smallest absolute Gasteiger partial charge is 0.290 e. The molecule has 0 aliphatic carbocycles. The number of hydrogen-bond donors (Lipinski definition) is 4. The lowest BCUT2D eigenvalue weighted by molar-refractivity contribution is 0.0939. The normalized spacial score (nSPS) is 9.74. The number of anilines is 1. The van der Waals surface area contributed by atoms with E-state index in [0.29, 0.717) is 10.8 Å². The number of benzene rings is 1. The van der Waals surface area contributed by atoms with Gasteiger partial charge in [0.15, 0.2) is 10.8 Å². The first kappa shape index (κ1) is 13.0. The van der Waals surface area contributed by atoms with E-state index in [9.17, 15) is 4.79 Å². The van der Waals surface area contributed by atoms with Crippen molar-refractivity contribution in [3.8, 4) is 0 Å². The maximum atomic E-state index is 11.7. The summed E-state index contributed by atoms with van der Waals surface area (Å²) >= 11 is 5.04. The number of H-pyrrole nitrogens is 1. The molecule has 2 aromatic rings. The van der Waals surface area contributed by atoms with E-state index >= 15 is 0 Å². The third kappa shape index (κ3) is 3.78. The molecule has 0 bridgehead atoms. The lowest BCUT2D eigenvalue weighted by atomic mass is 10.3. The molecule has 4 N–H and O–H groups in total. The number of thiocarbonyl (C=S) groups is 1. The maximum absolute atomic E-state index is 11.7. The van der Waals surface area contributed by atoms with Crippen LogP contribution in [0.5, 0.6) is 0 Å². The fraction of sp³-hybridized carbons (Fsp3) is 0.0833. The van der Waals surface area contributed by atoms with Crippen LogP contribution in [0.4, 0.5) is 5.69 Å². The molecule has 0 aliphatic heterocycles. The number of aromatic nitrogens is 2. The number of hydrogen-bond acceptors (Lipinski definition) is 3. The van der Waals surface area contributed by atoms with Gasteiger partial charge in [-0.15, -0.1) is 0 Å². The standard InChI is InChI=1S/C12H13N5OS/c1-8-7-10(15-14-8)11(18)16-17-12(19)13-9-5-3-2-4-6-9/h2-7H,1H3,(H,14,15)(H,16,18)(H2,13,17,19). The number of hydrazine groups is 1. The summed E-state index contributed by atoms with van der Waals surface area (Å²) in [5.74, 6) is -0.360. The Hall–Kier alpha value is -2.41. The molecule has 0 saturated carbocycles. The summed E-state index contributed by atoms with van der Waals surface area (Å²) < 4.78 is 0. The van der Waals surface area contributed by atoms with Crippen molar-refractivity contribution in [3.63, 3.8) is 0 Å². The molecular weight excluding hydrogens is 262 g/mol. The van der Waals surface area contributed by atoms with Crippen LogP contribution >= 0.6 is 12.2 Å². The van der Waals surface area contributed by atoms with Gasteiger partial charge in [0.25, 0.3) is 5.91 Å². The Kier molecular flexibility index (Phi) is 4.09. The zero-order valence-corrected chi connectivity index (χ0v) is 11.0. The van der Waals surface area contributed by atoms with Gasteiger partial charge in [0.05, 0.1) is 0 Å². The lowest BCUT2D eigenvalue weighted by Gasteiger charge is -2.10. The van der Waals surface area contributed by atoms with Crippen LogP contribution in [-0.4, -0.2) is 21.2 Å². The van der Waals surface area contributed by atoms with E-state index < -0.39 is 0 Å². The number of nitrogens with one attached hydrogen (secondary N) is 4. The molecule has 0 unspecified atom stereocenters. The highest BCUT2D eigenvalue weighted by Crippen LogP contribution is 2.04. The van der Waals surface area contributed by atoms with Crippen LogP contribution in [0.25, 0.3) is 0 Å². The molecule has 0 fully saturated rings. The van der Waals surface area contributed by atoms with Crippen LogP contribution in [0.15, 0.2) is 36.4 Å². The van der Waals surface area contributed by atoms with Crippen LogP contribution in [0, 0.1) is 6.92 Å². The predicted molar refractivity (Wildman–Crippen MR) is 76.6 cm³/mol. The molecule has 0 saturated heterocycles. The minimum atomic E-state index is -0.360. The van der Waals surface area contributed by atoms with E-state index in [4.69, 9.17) is 12.2 Å². The molecule has 98 valence electrons. The first-order chi connectivity index (χ1) is 9.15. The molecule has 7 heteroatoms. The van der Waals surface area contributed by atoms with Crippen molar-refractivity contribution >= 4 is 28.9 Å². The van der Waals surface area contributed by atoms with Gasteiger partial charge < -0.3 is 5.32 Å². The molecule has 0 atom stereocenters. The number of para-hydroxylation sites is 1. The monoisotopic (exact) mass is 275 g/mol. The highest BCUT2D eigenvalue weighted by molar-refractivity contribution is 7.80. The fourth-order valence-corrected chi connectivity index (χ4v) is 1.56. The number of aromatic amines is 1. The van der Waals surface area contributed by atoms with E-state index in [1.54, 1.807) is 6.07 Å². The van der Waals surface area contributed by atoms with Gasteiger partial charge in [0, 0.05) is 11.4 Å². The third-order valence-corrected chi connectivity index (χ3v) is 2.46. The first-order valence-corrected chi connectivity index (χ1v) is 6.00. The molecule has 1 aromatic carbocycles. The topological polar surface area (TPSA) is 81.8 Å². The Morgan fingerprint density at radius 1 is 1.26 bits per heavy atom. The van der Waals surface area contributed by atoms with E-state index in [-0.39, 0.29) is 5.91 Å². The summed E-state index contributed by atoms with van der Waals surface area (Å²) in [5, 5.41) is 9.76.